The SMILES string of the molecule is O=c1cc(-c2ccc(Cl)cc2)oc2cc(OC[C@H](O)CS(=O)(=O)c3ccc(C(F)(F)F)cc3)ccc12. The zero-order valence-electron chi connectivity index (χ0n) is 18.3. The fraction of sp³-hybridized carbons (Fsp3) is 0.160. The van der Waals surface area contributed by atoms with Gasteiger partial charge in [-0.25, -0.2) is 8.42 Å². The van der Waals surface area contributed by atoms with Crippen molar-refractivity contribution in [3.8, 4) is 17.1 Å². The molecule has 3 aromatic carbocycles. The van der Waals surface area contributed by atoms with Gasteiger partial charge in [0.15, 0.2) is 15.3 Å². The number of halogens is 4. The molecule has 0 amide bonds. The van der Waals surface area contributed by atoms with Crippen LogP contribution in [0.3, 0.4) is 0 Å². The third-order valence-electron chi connectivity index (χ3n) is 5.22. The molecule has 36 heavy (non-hydrogen) atoms. The van der Waals surface area contributed by atoms with Gasteiger partial charge in [0.1, 0.15) is 29.8 Å². The van der Waals surface area contributed by atoms with Crippen LogP contribution in [-0.4, -0.2) is 32.0 Å². The summed E-state index contributed by atoms with van der Waals surface area (Å²) in [6, 6.07) is 15.4. The Bertz CT molecular complexity index is 1550. The Morgan fingerprint density at radius 2 is 1.64 bits per heavy atom. The minimum Gasteiger partial charge on any atom is -0.491 e. The first-order valence-electron chi connectivity index (χ1n) is 10.5. The van der Waals surface area contributed by atoms with Crippen LogP contribution >= 0.6 is 11.6 Å². The predicted molar refractivity (Wildman–Crippen MR) is 128 cm³/mol. The molecule has 0 bridgehead atoms. The number of benzene rings is 3. The second-order valence-corrected chi connectivity index (χ2v) is 10.4. The van der Waals surface area contributed by atoms with Crippen LogP contribution < -0.4 is 10.2 Å². The summed E-state index contributed by atoms with van der Waals surface area (Å²) in [5, 5.41) is 11.0. The third kappa shape index (κ3) is 5.89. The van der Waals surface area contributed by atoms with Crippen molar-refractivity contribution in [3.63, 3.8) is 0 Å². The number of rotatable bonds is 7. The number of aliphatic hydroxyl groups is 1. The number of fused-ring (bicyclic) bond motifs is 1. The van der Waals surface area contributed by atoms with Gasteiger partial charge in [-0.05, 0) is 60.7 Å². The first kappa shape index (κ1) is 25.7. The van der Waals surface area contributed by atoms with Crippen LogP contribution in [0.5, 0.6) is 5.75 Å². The molecule has 4 aromatic rings. The molecule has 0 aliphatic rings. The van der Waals surface area contributed by atoms with Crippen LogP contribution in [0.15, 0.2) is 86.9 Å². The molecule has 1 heterocycles. The Labute approximate surface area is 208 Å². The molecule has 0 aliphatic heterocycles. The van der Waals surface area contributed by atoms with E-state index in [2.05, 4.69) is 0 Å². The Kier molecular flexibility index (Phi) is 7.12. The van der Waals surface area contributed by atoms with Gasteiger partial charge in [-0.15, -0.1) is 0 Å². The van der Waals surface area contributed by atoms with Gasteiger partial charge in [0.25, 0.3) is 0 Å². The Morgan fingerprint density at radius 3 is 2.28 bits per heavy atom. The fourth-order valence-electron chi connectivity index (χ4n) is 3.42. The third-order valence-corrected chi connectivity index (χ3v) is 7.29. The van der Waals surface area contributed by atoms with E-state index in [9.17, 15) is 31.5 Å². The zero-order valence-corrected chi connectivity index (χ0v) is 19.9. The van der Waals surface area contributed by atoms with Gasteiger partial charge in [-0.2, -0.15) is 13.2 Å². The Balaban J connectivity index is 1.46. The van der Waals surface area contributed by atoms with Gasteiger partial charge in [0.05, 0.1) is 21.6 Å². The van der Waals surface area contributed by atoms with E-state index < -0.39 is 40.0 Å². The molecule has 0 spiro atoms. The highest BCUT2D eigenvalue weighted by atomic mass is 35.5. The lowest BCUT2D eigenvalue weighted by Gasteiger charge is -2.14. The van der Waals surface area contributed by atoms with Crippen LogP contribution in [-0.2, 0) is 16.0 Å². The average molecular weight is 539 g/mol. The van der Waals surface area contributed by atoms with Crippen molar-refractivity contribution in [3.05, 3.63) is 93.6 Å². The van der Waals surface area contributed by atoms with E-state index in [1.54, 1.807) is 24.3 Å². The summed E-state index contributed by atoms with van der Waals surface area (Å²) in [7, 11) is -4.07. The highest BCUT2D eigenvalue weighted by molar-refractivity contribution is 7.91. The number of aliphatic hydroxyl groups excluding tert-OH is 1. The summed E-state index contributed by atoms with van der Waals surface area (Å²) < 4.78 is 74.3. The number of ether oxygens (including phenoxy) is 1. The van der Waals surface area contributed by atoms with Crippen molar-refractivity contribution in [1.29, 1.82) is 0 Å². The lowest BCUT2D eigenvalue weighted by atomic mass is 10.1. The minimum absolute atomic E-state index is 0.213. The van der Waals surface area contributed by atoms with Gasteiger partial charge in [0.2, 0.25) is 0 Å². The molecular formula is C25H18ClF3O6S. The van der Waals surface area contributed by atoms with Crippen molar-refractivity contribution < 1.29 is 35.8 Å². The molecule has 1 atom stereocenters. The van der Waals surface area contributed by atoms with E-state index in [4.69, 9.17) is 20.8 Å². The number of alkyl halides is 3. The van der Waals surface area contributed by atoms with Gasteiger partial charge in [-0.3, -0.25) is 4.79 Å². The normalized spacial score (nSPS) is 13.0. The van der Waals surface area contributed by atoms with Crippen LogP contribution in [0.1, 0.15) is 5.56 Å². The molecule has 0 radical (unpaired) electrons. The second-order valence-electron chi connectivity index (χ2n) is 7.91. The number of sulfone groups is 1. The summed E-state index contributed by atoms with van der Waals surface area (Å²) in [5.74, 6) is -0.240. The lowest BCUT2D eigenvalue weighted by molar-refractivity contribution is -0.137. The van der Waals surface area contributed by atoms with Crippen LogP contribution in [0.2, 0.25) is 5.02 Å². The molecule has 11 heteroatoms. The van der Waals surface area contributed by atoms with Crippen molar-refractivity contribution in [2.75, 3.05) is 12.4 Å². The van der Waals surface area contributed by atoms with Crippen molar-refractivity contribution >= 4 is 32.4 Å². The Morgan fingerprint density at radius 1 is 0.972 bits per heavy atom. The van der Waals surface area contributed by atoms with Gasteiger partial charge >= 0.3 is 6.18 Å². The van der Waals surface area contributed by atoms with E-state index in [0.717, 1.165) is 12.1 Å². The maximum atomic E-state index is 12.7. The molecule has 0 saturated carbocycles. The summed E-state index contributed by atoms with van der Waals surface area (Å²) in [4.78, 5) is 12.1. The van der Waals surface area contributed by atoms with Crippen LogP contribution in [0.25, 0.3) is 22.3 Å². The largest absolute Gasteiger partial charge is 0.491 e. The van der Waals surface area contributed by atoms with E-state index in [1.807, 2.05) is 0 Å². The monoisotopic (exact) mass is 538 g/mol. The zero-order chi connectivity index (χ0) is 26.1. The maximum Gasteiger partial charge on any atom is 0.416 e. The summed E-state index contributed by atoms with van der Waals surface area (Å²) >= 11 is 5.90. The summed E-state index contributed by atoms with van der Waals surface area (Å²) in [5.41, 5.74) is -0.409. The quantitative estimate of drug-likeness (QED) is 0.341. The highest BCUT2D eigenvalue weighted by Crippen LogP contribution is 2.30. The van der Waals surface area contributed by atoms with Gasteiger partial charge in [-0.1, -0.05) is 11.6 Å². The molecule has 4 rings (SSSR count). The molecule has 0 fully saturated rings. The molecular weight excluding hydrogens is 521 g/mol. The van der Waals surface area contributed by atoms with Crippen LogP contribution in [0.4, 0.5) is 13.2 Å². The average Bonchev–Trinajstić information content (AvgIpc) is 2.82. The Hall–Kier alpha value is -3.34. The second kappa shape index (κ2) is 9.96. The highest BCUT2D eigenvalue weighted by Gasteiger charge is 2.31. The number of hydrogen-bond acceptors (Lipinski definition) is 6. The lowest BCUT2D eigenvalue weighted by Crippen LogP contribution is -2.27. The van der Waals surface area contributed by atoms with Gasteiger partial charge in [0, 0.05) is 22.7 Å². The molecule has 0 aliphatic carbocycles. The standard InChI is InChI=1S/C25H18ClF3O6S/c26-17-5-1-15(2-6-17)23-12-22(31)21-10-7-19(11-24(21)35-23)34-13-18(30)14-36(32,33)20-8-3-16(4-9-20)25(27,28)29/h1-12,18,30H,13-14H2/t18-/m0/s1. The summed E-state index contributed by atoms with van der Waals surface area (Å²) in [6.45, 7) is -0.424. The predicted octanol–water partition coefficient (Wildman–Crippen LogP) is 5.35. The van der Waals surface area contributed by atoms with Crippen molar-refractivity contribution in [2.24, 2.45) is 0 Å². The van der Waals surface area contributed by atoms with E-state index in [0.29, 0.717) is 33.9 Å². The molecule has 6 nitrogen and oxygen atoms in total. The first-order chi connectivity index (χ1) is 16.9. The minimum atomic E-state index is -4.59. The van der Waals surface area contributed by atoms with E-state index >= 15 is 0 Å². The van der Waals surface area contributed by atoms with E-state index in [1.165, 1.54) is 24.3 Å². The molecule has 1 aromatic heterocycles. The maximum absolute atomic E-state index is 12.7. The van der Waals surface area contributed by atoms with Crippen molar-refractivity contribution in [1.82, 2.24) is 0 Å². The molecule has 188 valence electrons. The van der Waals surface area contributed by atoms with Crippen molar-refractivity contribution in [2.45, 2.75) is 17.2 Å². The smallest absolute Gasteiger partial charge is 0.416 e. The molecule has 0 unspecified atom stereocenters. The summed E-state index contributed by atoms with van der Waals surface area (Å²) in [6.07, 6.45) is -6.06. The fourth-order valence-corrected chi connectivity index (χ4v) is 4.89. The van der Waals surface area contributed by atoms with Gasteiger partial charge < -0.3 is 14.3 Å². The topological polar surface area (TPSA) is 93.8 Å². The first-order valence-corrected chi connectivity index (χ1v) is 12.5. The molecule has 1 N–H and O–H groups in total. The molecule has 0 saturated heterocycles. The van der Waals surface area contributed by atoms with E-state index in [-0.39, 0.29) is 21.7 Å². The van der Waals surface area contributed by atoms with Crippen LogP contribution in [0, 0.1) is 0 Å². The number of hydrogen-bond donors (Lipinski definition) is 1.